The summed E-state index contributed by atoms with van der Waals surface area (Å²) in [6.45, 7) is 3.65. The number of ether oxygens (including phenoxy) is 1. The summed E-state index contributed by atoms with van der Waals surface area (Å²) >= 11 is 0. The van der Waals surface area contributed by atoms with Crippen LogP contribution >= 0.6 is 0 Å². The van der Waals surface area contributed by atoms with Crippen molar-refractivity contribution in [1.82, 2.24) is 24.8 Å². The third-order valence-corrected chi connectivity index (χ3v) is 7.81. The van der Waals surface area contributed by atoms with Gasteiger partial charge in [0.2, 0.25) is 5.91 Å². The predicted octanol–water partition coefficient (Wildman–Crippen LogP) is 2.73. The number of aliphatic hydroxyl groups is 1. The molecule has 0 radical (unpaired) electrons. The monoisotopic (exact) mass is 481 g/mol. The third-order valence-electron chi connectivity index (χ3n) is 7.81. The van der Waals surface area contributed by atoms with Crippen LogP contribution in [-0.2, 0) is 16.6 Å². The molecule has 3 aromatic heterocycles. The van der Waals surface area contributed by atoms with E-state index in [4.69, 9.17) is 4.74 Å². The fraction of sp³-hybridized carbons (Fsp3) is 0.577. The fourth-order valence-corrected chi connectivity index (χ4v) is 5.68. The highest BCUT2D eigenvalue weighted by atomic mass is 16.5. The number of H-pyrrole nitrogens is 1. The molecule has 3 N–H and O–H groups in total. The van der Waals surface area contributed by atoms with Gasteiger partial charge in [0.25, 0.3) is 5.91 Å². The molecule has 35 heavy (non-hydrogen) atoms. The van der Waals surface area contributed by atoms with Gasteiger partial charge in [0.05, 0.1) is 36.3 Å². The number of carbonyl (C=O) groups excluding carboxylic acids is 2. The first-order valence-corrected chi connectivity index (χ1v) is 12.7. The number of rotatable bonds is 7. The highest BCUT2D eigenvalue weighted by Crippen LogP contribution is 2.39. The van der Waals surface area contributed by atoms with E-state index in [9.17, 15) is 14.7 Å². The summed E-state index contributed by atoms with van der Waals surface area (Å²) in [5.74, 6) is -0.227. The van der Waals surface area contributed by atoms with Crippen LogP contribution in [0.4, 0.5) is 0 Å². The Morgan fingerprint density at radius 1 is 1.37 bits per heavy atom. The number of nitrogens with zero attached hydrogens (tertiary/aromatic N) is 3. The first-order chi connectivity index (χ1) is 16.9. The quantitative estimate of drug-likeness (QED) is 0.480. The first-order valence-electron chi connectivity index (χ1n) is 12.7. The molecule has 0 saturated carbocycles. The minimum Gasteiger partial charge on any atom is -0.394 e. The zero-order valence-corrected chi connectivity index (χ0v) is 20.5. The number of pyridine rings is 1. The molecular weight excluding hydrogens is 446 g/mol. The molecule has 2 atom stereocenters. The number of aliphatic hydroxyl groups excluding tert-OH is 1. The maximum Gasteiger partial charge on any atom is 0.270 e. The summed E-state index contributed by atoms with van der Waals surface area (Å²) in [4.78, 5) is 35.7. The number of piperidine rings is 1. The smallest absolute Gasteiger partial charge is 0.270 e. The van der Waals surface area contributed by atoms with Crippen LogP contribution in [0.3, 0.4) is 0 Å². The van der Waals surface area contributed by atoms with Gasteiger partial charge in [-0.3, -0.25) is 9.59 Å². The highest BCUT2D eigenvalue weighted by molar-refractivity contribution is 6.07. The molecule has 1 spiro atoms. The molecular formula is C26H35N5O4. The van der Waals surface area contributed by atoms with Crippen LogP contribution in [0.15, 0.2) is 24.5 Å². The Labute approximate surface area is 204 Å². The normalized spacial score (nSPS) is 20.7. The second kappa shape index (κ2) is 9.62. The number of carbonyl (C=O) groups is 2. The largest absolute Gasteiger partial charge is 0.394 e. The standard InChI is InChI=1S/C26H35N5O4/c1-3-4-5-19(15-32)29-24(33)18-13-26(35-16-18)7-10-31(11-8-26)25(34)21-12-17-14-28-23-20(6-9-27-23)22(17)30(21)2/h6,9,12,14,18-19,32H,3-5,7-8,10-11,13,15-16H2,1-2H3,(H,27,28)(H,29,33)/t18-,19-/m1/s1. The van der Waals surface area contributed by atoms with E-state index in [1.54, 1.807) is 6.20 Å². The Morgan fingerprint density at radius 3 is 2.91 bits per heavy atom. The maximum absolute atomic E-state index is 13.4. The molecule has 2 amide bonds. The van der Waals surface area contributed by atoms with Crippen LogP contribution in [0, 0.1) is 5.92 Å². The first kappa shape index (κ1) is 23.8. The maximum atomic E-state index is 13.4. The van der Waals surface area contributed by atoms with Crippen molar-refractivity contribution in [3.63, 3.8) is 0 Å². The predicted molar refractivity (Wildman–Crippen MR) is 133 cm³/mol. The van der Waals surface area contributed by atoms with E-state index in [-0.39, 0.29) is 36.0 Å². The van der Waals surface area contributed by atoms with E-state index in [0.717, 1.165) is 54.0 Å². The summed E-state index contributed by atoms with van der Waals surface area (Å²) in [5.41, 5.74) is 2.11. The van der Waals surface area contributed by atoms with Crippen molar-refractivity contribution in [3.05, 3.63) is 30.2 Å². The molecule has 0 unspecified atom stereocenters. The van der Waals surface area contributed by atoms with Crippen molar-refractivity contribution in [2.75, 3.05) is 26.3 Å². The Kier molecular flexibility index (Phi) is 6.55. The molecule has 2 saturated heterocycles. The number of amides is 2. The van der Waals surface area contributed by atoms with Crippen molar-refractivity contribution in [3.8, 4) is 0 Å². The van der Waals surface area contributed by atoms with Crippen molar-refractivity contribution in [2.24, 2.45) is 13.0 Å². The molecule has 3 aromatic rings. The molecule has 5 heterocycles. The number of hydrogen-bond donors (Lipinski definition) is 3. The van der Waals surface area contributed by atoms with Gasteiger partial charge >= 0.3 is 0 Å². The molecule has 9 nitrogen and oxygen atoms in total. The van der Waals surface area contributed by atoms with Crippen molar-refractivity contribution in [1.29, 1.82) is 0 Å². The van der Waals surface area contributed by atoms with Crippen LogP contribution in [0.1, 0.15) is 55.9 Å². The molecule has 0 aliphatic carbocycles. The average Bonchev–Trinajstić information content (AvgIpc) is 3.59. The van der Waals surface area contributed by atoms with Gasteiger partial charge in [-0.1, -0.05) is 19.8 Å². The van der Waals surface area contributed by atoms with Crippen LogP contribution in [0.2, 0.25) is 0 Å². The summed E-state index contributed by atoms with van der Waals surface area (Å²) in [5, 5.41) is 14.5. The third kappa shape index (κ3) is 4.43. The van der Waals surface area contributed by atoms with E-state index < -0.39 is 0 Å². The molecule has 2 fully saturated rings. The lowest BCUT2D eigenvalue weighted by Gasteiger charge is -2.38. The zero-order valence-electron chi connectivity index (χ0n) is 20.5. The molecule has 9 heteroatoms. The van der Waals surface area contributed by atoms with Gasteiger partial charge in [0.1, 0.15) is 11.3 Å². The number of aryl methyl sites for hydroxylation is 1. The minimum atomic E-state index is -0.350. The Hall–Kier alpha value is -2.91. The summed E-state index contributed by atoms with van der Waals surface area (Å²) in [6.07, 6.45) is 8.56. The van der Waals surface area contributed by atoms with Gasteiger partial charge in [-0.25, -0.2) is 4.98 Å². The van der Waals surface area contributed by atoms with Gasteiger partial charge < -0.3 is 29.6 Å². The number of unbranched alkanes of at least 4 members (excludes halogenated alkanes) is 1. The van der Waals surface area contributed by atoms with Crippen LogP contribution in [-0.4, -0.2) is 74.3 Å². The number of nitrogens with one attached hydrogen (secondary N) is 2. The second-order valence-electron chi connectivity index (χ2n) is 10.1. The van der Waals surface area contributed by atoms with E-state index in [0.29, 0.717) is 31.8 Å². The summed E-state index contributed by atoms with van der Waals surface area (Å²) in [7, 11) is 1.93. The van der Waals surface area contributed by atoms with Crippen molar-refractivity contribution in [2.45, 2.75) is 57.1 Å². The van der Waals surface area contributed by atoms with Gasteiger partial charge in [-0.05, 0) is 37.8 Å². The van der Waals surface area contributed by atoms with Crippen LogP contribution in [0.5, 0.6) is 0 Å². The van der Waals surface area contributed by atoms with E-state index in [2.05, 4.69) is 22.2 Å². The van der Waals surface area contributed by atoms with E-state index >= 15 is 0 Å². The molecule has 0 aromatic carbocycles. The average molecular weight is 482 g/mol. The van der Waals surface area contributed by atoms with Crippen molar-refractivity contribution >= 4 is 33.8 Å². The number of likely N-dealkylation sites (tertiary alicyclic amines) is 1. The topological polar surface area (TPSA) is 112 Å². The number of aromatic amines is 1. The Balaban J connectivity index is 1.22. The van der Waals surface area contributed by atoms with Gasteiger partial charge in [0.15, 0.2) is 0 Å². The lowest BCUT2D eigenvalue weighted by molar-refractivity contribution is -0.126. The highest BCUT2D eigenvalue weighted by Gasteiger charge is 2.46. The number of fused-ring (bicyclic) bond motifs is 3. The fourth-order valence-electron chi connectivity index (χ4n) is 5.68. The van der Waals surface area contributed by atoms with Gasteiger partial charge in [-0.15, -0.1) is 0 Å². The molecule has 188 valence electrons. The van der Waals surface area contributed by atoms with Gasteiger partial charge in [0, 0.05) is 43.3 Å². The summed E-state index contributed by atoms with van der Waals surface area (Å²) < 4.78 is 8.14. The minimum absolute atomic E-state index is 0.0104. The molecule has 5 rings (SSSR count). The van der Waals surface area contributed by atoms with Gasteiger partial charge in [-0.2, -0.15) is 0 Å². The van der Waals surface area contributed by atoms with Crippen molar-refractivity contribution < 1.29 is 19.4 Å². The lowest BCUT2D eigenvalue weighted by Crippen LogP contribution is -2.47. The zero-order chi connectivity index (χ0) is 24.6. The summed E-state index contributed by atoms with van der Waals surface area (Å²) in [6, 6.07) is 3.71. The number of aromatic nitrogens is 3. The molecule has 0 bridgehead atoms. The second-order valence-corrected chi connectivity index (χ2v) is 10.1. The molecule has 2 aliphatic heterocycles. The number of hydrogen-bond acceptors (Lipinski definition) is 5. The van der Waals surface area contributed by atoms with Crippen LogP contribution in [0.25, 0.3) is 21.9 Å². The Bertz CT molecular complexity index is 1220. The van der Waals surface area contributed by atoms with E-state index in [1.807, 2.05) is 34.8 Å². The molecule has 2 aliphatic rings. The van der Waals surface area contributed by atoms with Crippen LogP contribution < -0.4 is 5.32 Å². The Morgan fingerprint density at radius 2 is 2.17 bits per heavy atom. The van der Waals surface area contributed by atoms with E-state index in [1.165, 1.54) is 0 Å². The lowest BCUT2D eigenvalue weighted by atomic mass is 9.85. The SMILES string of the molecule is CCCC[C@H](CO)NC(=O)[C@H]1COC2(CCN(C(=O)c3cc4cnc5[nH]ccc5c4n3C)CC2)C1.